The summed E-state index contributed by atoms with van der Waals surface area (Å²) in [6.45, 7) is 1.32. The monoisotopic (exact) mass is 592 g/mol. The number of carbonyl (C=O) groups excluding carboxylic acids is 2. The Kier molecular flexibility index (Phi) is 10.7. The highest BCUT2D eigenvalue weighted by Crippen LogP contribution is 2.25. The molecule has 0 bridgehead atoms. The van der Waals surface area contributed by atoms with Crippen LogP contribution in [0.1, 0.15) is 21.5 Å². The Balaban J connectivity index is 0.00000484. The van der Waals surface area contributed by atoms with Crippen molar-refractivity contribution in [1.82, 2.24) is 9.80 Å². The van der Waals surface area contributed by atoms with Gasteiger partial charge in [0.15, 0.2) is 5.78 Å². The molecule has 3 aromatic rings. The van der Waals surface area contributed by atoms with Gasteiger partial charge in [-0.05, 0) is 85.9 Å². The van der Waals surface area contributed by atoms with Gasteiger partial charge < -0.3 is 14.5 Å². The third kappa shape index (κ3) is 8.09. The quantitative estimate of drug-likeness (QED) is 0.191. The summed E-state index contributed by atoms with van der Waals surface area (Å²) in [6, 6.07) is 18.3. The molecule has 1 aliphatic rings. The minimum Gasteiger partial charge on any atom is -0.492 e. The zero-order chi connectivity index (χ0) is 29.5. The van der Waals surface area contributed by atoms with Crippen LogP contribution in [0.2, 0.25) is 0 Å². The number of piperidine rings is 1. The molecule has 4 rings (SSSR count). The number of halogens is 1. The Bertz CT molecular complexity index is 1440. The number of nitro groups is 2. The van der Waals surface area contributed by atoms with Crippen LogP contribution in [0.25, 0.3) is 12.2 Å². The molecule has 1 aliphatic heterocycles. The number of hydrogen-bond donors (Lipinski definition) is 0. The van der Waals surface area contributed by atoms with Crippen LogP contribution in [0.15, 0.2) is 83.9 Å². The van der Waals surface area contributed by atoms with Gasteiger partial charge in [0.2, 0.25) is 0 Å². The van der Waals surface area contributed by atoms with Gasteiger partial charge in [-0.1, -0.05) is 0 Å². The van der Waals surface area contributed by atoms with Crippen molar-refractivity contribution in [2.24, 2.45) is 0 Å². The van der Waals surface area contributed by atoms with E-state index in [-0.39, 0.29) is 48.6 Å². The van der Waals surface area contributed by atoms with Gasteiger partial charge >= 0.3 is 0 Å². The van der Waals surface area contributed by atoms with E-state index < -0.39 is 9.85 Å². The zero-order valence-corrected chi connectivity index (χ0v) is 23.8. The number of hydrogen-bond acceptors (Lipinski definition) is 8. The smallest absolute Gasteiger partial charge is 0.269 e. The van der Waals surface area contributed by atoms with Crippen molar-refractivity contribution in [2.45, 2.75) is 0 Å². The van der Waals surface area contributed by atoms with Gasteiger partial charge in [0.1, 0.15) is 12.4 Å². The molecule has 0 aromatic heterocycles. The number of amides is 1. The first kappa shape index (κ1) is 31.7. The number of ether oxygens (including phenoxy) is 1. The summed E-state index contributed by atoms with van der Waals surface area (Å²) in [4.78, 5) is 51.6. The van der Waals surface area contributed by atoms with Crippen molar-refractivity contribution in [3.63, 3.8) is 0 Å². The standard InChI is InChI=1S/C30H28N4O7.ClH/c1-31(2)15-16-41-28-13-7-23(8-14-28)30(36)32-19-24(17-21-3-9-26(10-4-21)33(37)38)29(35)25(20-32)18-22-5-11-27(12-6-22)34(39)40;/h3-14,17-18H,15-16,19-20H2,1-2H3;1H. The Morgan fingerprint density at radius 1 is 0.833 bits per heavy atom. The number of non-ortho nitro benzene ring substituents is 2. The van der Waals surface area contributed by atoms with Gasteiger partial charge in [0, 0.05) is 47.5 Å². The molecule has 1 fully saturated rings. The van der Waals surface area contributed by atoms with E-state index in [1.54, 1.807) is 36.4 Å². The highest BCUT2D eigenvalue weighted by atomic mass is 35.5. The predicted octanol–water partition coefficient (Wildman–Crippen LogP) is 5.06. The maximum absolute atomic E-state index is 13.5. The summed E-state index contributed by atoms with van der Waals surface area (Å²) in [5, 5.41) is 22.0. The number of carbonyl (C=O) groups is 2. The van der Waals surface area contributed by atoms with Crippen molar-refractivity contribution < 1.29 is 24.2 Å². The van der Waals surface area contributed by atoms with Crippen LogP contribution in [-0.2, 0) is 4.79 Å². The highest BCUT2D eigenvalue weighted by Gasteiger charge is 2.30. The number of likely N-dealkylation sites (tertiary alicyclic amines) is 1. The van der Waals surface area contributed by atoms with E-state index in [9.17, 15) is 29.8 Å². The van der Waals surface area contributed by atoms with Gasteiger partial charge in [-0.15, -0.1) is 12.4 Å². The third-order valence-electron chi connectivity index (χ3n) is 6.39. The fourth-order valence-corrected chi connectivity index (χ4v) is 4.19. The SMILES string of the molecule is CN(C)CCOc1ccc(C(=O)N2CC(=Cc3ccc([N+](=O)[O-])cc3)C(=O)C(=Cc3ccc([N+](=O)[O-])cc3)C2)cc1.Cl. The summed E-state index contributed by atoms with van der Waals surface area (Å²) >= 11 is 0. The highest BCUT2D eigenvalue weighted by molar-refractivity contribution is 6.16. The largest absolute Gasteiger partial charge is 0.492 e. The Morgan fingerprint density at radius 2 is 1.29 bits per heavy atom. The number of likely N-dealkylation sites (N-methyl/N-ethyl adjacent to an activating group) is 1. The molecule has 0 unspecified atom stereocenters. The molecule has 0 saturated carbocycles. The van der Waals surface area contributed by atoms with Crippen molar-refractivity contribution >= 4 is 47.6 Å². The van der Waals surface area contributed by atoms with Gasteiger partial charge in [-0.2, -0.15) is 0 Å². The molecule has 1 saturated heterocycles. The summed E-state index contributed by atoms with van der Waals surface area (Å²) in [7, 11) is 3.90. The molecule has 0 spiro atoms. The molecule has 0 N–H and O–H groups in total. The average molecular weight is 593 g/mol. The van der Waals surface area contributed by atoms with E-state index in [1.165, 1.54) is 53.4 Å². The van der Waals surface area contributed by atoms with Gasteiger partial charge in [0.25, 0.3) is 17.3 Å². The Morgan fingerprint density at radius 3 is 1.69 bits per heavy atom. The summed E-state index contributed by atoms with van der Waals surface area (Å²) < 4.78 is 5.71. The van der Waals surface area contributed by atoms with Crippen LogP contribution in [0.5, 0.6) is 5.75 Å². The van der Waals surface area contributed by atoms with Crippen LogP contribution in [0, 0.1) is 20.2 Å². The first-order chi connectivity index (χ1) is 19.6. The maximum atomic E-state index is 13.5. The fourth-order valence-electron chi connectivity index (χ4n) is 4.19. The van der Waals surface area contributed by atoms with Gasteiger partial charge in [-0.25, -0.2) is 0 Å². The number of nitrogens with zero attached hydrogens (tertiary/aromatic N) is 4. The van der Waals surface area contributed by atoms with Crippen LogP contribution in [-0.4, -0.2) is 71.7 Å². The number of ketones is 1. The number of nitro benzene ring substituents is 2. The first-order valence-corrected chi connectivity index (χ1v) is 12.7. The van der Waals surface area contributed by atoms with E-state index in [0.29, 0.717) is 40.2 Å². The molecular weight excluding hydrogens is 564 g/mol. The second-order valence-corrected chi connectivity index (χ2v) is 9.70. The molecule has 0 atom stereocenters. The Labute approximate surface area is 248 Å². The van der Waals surface area contributed by atoms with Crippen molar-refractivity contribution in [3.05, 3.63) is 121 Å². The van der Waals surface area contributed by atoms with Gasteiger partial charge in [0.05, 0.1) is 22.9 Å². The molecule has 12 heteroatoms. The molecule has 0 aliphatic carbocycles. The lowest BCUT2D eigenvalue weighted by Gasteiger charge is -2.30. The van der Waals surface area contributed by atoms with Crippen LogP contribution < -0.4 is 4.74 Å². The normalized spacial score (nSPS) is 15.0. The minimum atomic E-state index is -0.507. The lowest BCUT2D eigenvalue weighted by Crippen LogP contribution is -2.41. The minimum absolute atomic E-state index is 0. The first-order valence-electron chi connectivity index (χ1n) is 12.7. The second-order valence-electron chi connectivity index (χ2n) is 9.70. The van der Waals surface area contributed by atoms with Crippen LogP contribution >= 0.6 is 12.4 Å². The summed E-state index contributed by atoms with van der Waals surface area (Å²) in [5.74, 6) is 0.0617. The second kappa shape index (κ2) is 14.2. The molecule has 42 heavy (non-hydrogen) atoms. The number of benzene rings is 3. The number of rotatable bonds is 9. The summed E-state index contributed by atoms with van der Waals surface area (Å²) in [5.41, 5.74) is 2.07. The lowest BCUT2D eigenvalue weighted by atomic mass is 9.93. The topological polar surface area (TPSA) is 136 Å². The fraction of sp³-hybridized carbons (Fsp3) is 0.200. The predicted molar refractivity (Wildman–Crippen MR) is 161 cm³/mol. The van der Waals surface area contributed by atoms with Crippen molar-refractivity contribution in [1.29, 1.82) is 0 Å². The van der Waals surface area contributed by atoms with E-state index >= 15 is 0 Å². The van der Waals surface area contributed by atoms with E-state index in [1.807, 2.05) is 19.0 Å². The van der Waals surface area contributed by atoms with Gasteiger partial charge in [-0.3, -0.25) is 29.8 Å². The zero-order valence-electron chi connectivity index (χ0n) is 23.0. The molecular formula is C30H29ClN4O7. The average Bonchev–Trinajstić information content (AvgIpc) is 2.95. The molecule has 3 aromatic carbocycles. The van der Waals surface area contributed by atoms with E-state index in [2.05, 4.69) is 0 Å². The van der Waals surface area contributed by atoms with E-state index in [4.69, 9.17) is 4.74 Å². The summed E-state index contributed by atoms with van der Waals surface area (Å²) in [6.07, 6.45) is 3.22. The van der Waals surface area contributed by atoms with Crippen molar-refractivity contribution in [2.75, 3.05) is 40.3 Å². The molecule has 1 heterocycles. The van der Waals surface area contributed by atoms with Crippen LogP contribution in [0.4, 0.5) is 11.4 Å². The Hall–Kier alpha value is -4.87. The third-order valence-corrected chi connectivity index (χ3v) is 6.39. The lowest BCUT2D eigenvalue weighted by molar-refractivity contribution is -0.385. The molecule has 11 nitrogen and oxygen atoms in total. The van der Waals surface area contributed by atoms with Crippen molar-refractivity contribution in [3.8, 4) is 5.75 Å². The molecule has 1 amide bonds. The maximum Gasteiger partial charge on any atom is 0.269 e. The van der Waals surface area contributed by atoms with Crippen LogP contribution in [0.3, 0.4) is 0 Å². The van der Waals surface area contributed by atoms with E-state index in [0.717, 1.165) is 6.54 Å². The molecule has 0 radical (unpaired) electrons. The molecule has 218 valence electrons. The number of Topliss-reactive ketones (excluding diaryl/α,β-unsaturated/α-hetero) is 1.